The van der Waals surface area contributed by atoms with E-state index < -0.39 is 0 Å². The van der Waals surface area contributed by atoms with Crippen molar-refractivity contribution >= 4 is 17.3 Å². The van der Waals surface area contributed by atoms with E-state index in [1.807, 2.05) is 31.2 Å². The quantitative estimate of drug-likeness (QED) is 0.887. The van der Waals surface area contributed by atoms with E-state index >= 15 is 0 Å². The second kappa shape index (κ2) is 4.63. The third-order valence-electron chi connectivity index (χ3n) is 2.52. The molecule has 2 rings (SSSR count). The molecule has 2 N–H and O–H groups in total. The molecule has 0 aliphatic carbocycles. The van der Waals surface area contributed by atoms with E-state index in [2.05, 4.69) is 4.98 Å². The first-order valence-corrected chi connectivity index (χ1v) is 5.55. The number of ether oxygens (including phenoxy) is 1. The Morgan fingerprint density at radius 2 is 2.06 bits per heavy atom. The van der Waals surface area contributed by atoms with Crippen LogP contribution in [0.5, 0.6) is 5.75 Å². The third-order valence-corrected chi connectivity index (χ3v) is 2.82. The van der Waals surface area contributed by atoms with Crippen LogP contribution in [0, 0.1) is 6.92 Å². The highest BCUT2D eigenvalue weighted by Gasteiger charge is 2.07. The van der Waals surface area contributed by atoms with E-state index in [0.717, 1.165) is 16.8 Å². The number of hydrogen-bond acceptors (Lipinski definition) is 3. The van der Waals surface area contributed by atoms with Gasteiger partial charge in [-0.2, -0.15) is 0 Å². The molecule has 0 atom stereocenters. The zero-order valence-corrected chi connectivity index (χ0v) is 10.5. The Morgan fingerprint density at radius 1 is 1.29 bits per heavy atom. The van der Waals surface area contributed by atoms with Crippen molar-refractivity contribution < 1.29 is 4.74 Å². The van der Waals surface area contributed by atoms with E-state index in [0.29, 0.717) is 16.5 Å². The predicted octanol–water partition coefficient (Wildman–Crippen LogP) is 3.30. The fourth-order valence-electron chi connectivity index (χ4n) is 1.71. The molecule has 88 valence electrons. The summed E-state index contributed by atoms with van der Waals surface area (Å²) in [6, 6.07) is 7.48. The maximum absolute atomic E-state index is 6.09. The van der Waals surface area contributed by atoms with Gasteiger partial charge >= 0.3 is 0 Å². The third kappa shape index (κ3) is 2.34. The first-order chi connectivity index (χ1) is 8.11. The molecular weight excluding hydrogens is 236 g/mol. The highest BCUT2D eigenvalue weighted by molar-refractivity contribution is 6.32. The largest absolute Gasteiger partial charge is 0.495 e. The molecule has 0 amide bonds. The van der Waals surface area contributed by atoms with Gasteiger partial charge in [0.1, 0.15) is 5.75 Å². The molecule has 3 nitrogen and oxygen atoms in total. The fraction of sp³-hybridized carbons (Fsp3) is 0.154. The van der Waals surface area contributed by atoms with Gasteiger partial charge in [0.2, 0.25) is 0 Å². The summed E-state index contributed by atoms with van der Waals surface area (Å²) in [5.74, 6) is 0.656. The second-order valence-electron chi connectivity index (χ2n) is 3.78. The van der Waals surface area contributed by atoms with Crippen molar-refractivity contribution in [1.82, 2.24) is 4.98 Å². The maximum Gasteiger partial charge on any atom is 0.137 e. The Kier molecular flexibility index (Phi) is 3.20. The molecule has 0 bridgehead atoms. The number of methoxy groups -OCH3 is 1. The molecule has 2 aromatic rings. The van der Waals surface area contributed by atoms with E-state index in [-0.39, 0.29) is 0 Å². The number of nitrogen functional groups attached to an aromatic ring is 1. The van der Waals surface area contributed by atoms with Gasteiger partial charge in [0.05, 0.1) is 29.7 Å². The second-order valence-corrected chi connectivity index (χ2v) is 4.19. The Balaban J connectivity index is 2.50. The summed E-state index contributed by atoms with van der Waals surface area (Å²) in [4.78, 5) is 4.32. The number of aromatic nitrogens is 1. The lowest BCUT2D eigenvalue weighted by atomic mass is 10.1. The Bertz CT molecular complexity index is 555. The summed E-state index contributed by atoms with van der Waals surface area (Å²) in [5.41, 5.74) is 9.18. The van der Waals surface area contributed by atoms with Gasteiger partial charge in [-0.05, 0) is 36.8 Å². The number of halogens is 1. The minimum atomic E-state index is 0.572. The van der Waals surface area contributed by atoms with E-state index in [1.54, 1.807) is 13.3 Å². The first kappa shape index (κ1) is 11.7. The van der Waals surface area contributed by atoms with Crippen LogP contribution in [0.25, 0.3) is 11.3 Å². The van der Waals surface area contributed by atoms with E-state index in [9.17, 15) is 0 Å². The molecule has 1 heterocycles. The monoisotopic (exact) mass is 248 g/mol. The van der Waals surface area contributed by atoms with Crippen molar-refractivity contribution in [3.05, 3.63) is 41.0 Å². The van der Waals surface area contributed by atoms with Crippen LogP contribution in [0.2, 0.25) is 5.02 Å². The van der Waals surface area contributed by atoms with Crippen molar-refractivity contribution in [3.63, 3.8) is 0 Å². The summed E-state index contributed by atoms with van der Waals surface area (Å²) < 4.78 is 5.11. The highest BCUT2D eigenvalue weighted by atomic mass is 35.5. The van der Waals surface area contributed by atoms with Crippen LogP contribution in [0.1, 0.15) is 5.56 Å². The minimum absolute atomic E-state index is 0.572. The molecular formula is C13H13ClN2O. The van der Waals surface area contributed by atoms with E-state index in [4.69, 9.17) is 22.1 Å². The van der Waals surface area contributed by atoms with Crippen LogP contribution in [0.4, 0.5) is 5.69 Å². The van der Waals surface area contributed by atoms with Crippen molar-refractivity contribution in [2.75, 3.05) is 12.8 Å². The average Bonchev–Trinajstić information content (AvgIpc) is 2.29. The highest BCUT2D eigenvalue weighted by Crippen LogP contribution is 2.30. The molecule has 0 fully saturated rings. The molecule has 17 heavy (non-hydrogen) atoms. The number of pyridine rings is 1. The molecule has 0 aliphatic heterocycles. The van der Waals surface area contributed by atoms with Gasteiger partial charge in [-0.1, -0.05) is 11.6 Å². The zero-order chi connectivity index (χ0) is 12.4. The van der Waals surface area contributed by atoms with Crippen molar-refractivity contribution in [2.45, 2.75) is 6.92 Å². The standard InChI is InChI=1S/C13H13ClN2O/c1-8-5-10(15)7-16-13(8)9-3-4-12(17-2)11(14)6-9/h3-7H,15H2,1-2H3. The van der Waals surface area contributed by atoms with Crippen molar-refractivity contribution in [2.24, 2.45) is 0 Å². The number of rotatable bonds is 2. The number of anilines is 1. The summed E-state index contributed by atoms with van der Waals surface area (Å²) in [7, 11) is 1.59. The molecule has 0 aliphatic rings. The van der Waals surface area contributed by atoms with Gasteiger partial charge in [0, 0.05) is 5.56 Å². The predicted molar refractivity (Wildman–Crippen MR) is 70.4 cm³/mol. The summed E-state index contributed by atoms with van der Waals surface area (Å²) in [6.45, 7) is 1.97. The molecule has 0 radical (unpaired) electrons. The van der Waals surface area contributed by atoms with Crippen molar-refractivity contribution in [1.29, 1.82) is 0 Å². The Hall–Kier alpha value is -1.74. The fourth-order valence-corrected chi connectivity index (χ4v) is 1.97. The van der Waals surface area contributed by atoms with Gasteiger partial charge in [0.25, 0.3) is 0 Å². The number of hydrogen-bond donors (Lipinski definition) is 1. The van der Waals surface area contributed by atoms with Gasteiger partial charge in [0.15, 0.2) is 0 Å². The summed E-state index contributed by atoms with van der Waals surface area (Å²) >= 11 is 6.09. The van der Waals surface area contributed by atoms with Crippen molar-refractivity contribution in [3.8, 4) is 17.0 Å². The summed E-state index contributed by atoms with van der Waals surface area (Å²) in [5, 5.41) is 0.572. The zero-order valence-electron chi connectivity index (χ0n) is 9.70. The molecule has 0 unspecified atom stereocenters. The summed E-state index contributed by atoms with van der Waals surface area (Å²) in [6.07, 6.45) is 1.64. The Labute approximate surface area is 105 Å². The number of aryl methyl sites for hydroxylation is 1. The maximum atomic E-state index is 6.09. The molecule has 0 saturated carbocycles. The number of nitrogens with two attached hydrogens (primary N) is 1. The van der Waals surface area contributed by atoms with Crippen LogP contribution in [0.3, 0.4) is 0 Å². The normalized spacial score (nSPS) is 10.3. The molecule has 4 heteroatoms. The van der Waals surface area contributed by atoms with E-state index in [1.165, 1.54) is 0 Å². The van der Waals surface area contributed by atoms with Gasteiger partial charge in [-0.15, -0.1) is 0 Å². The molecule has 0 spiro atoms. The van der Waals surface area contributed by atoms with Crippen LogP contribution in [0.15, 0.2) is 30.5 Å². The van der Waals surface area contributed by atoms with Crippen LogP contribution < -0.4 is 10.5 Å². The molecule has 1 aromatic heterocycles. The number of benzene rings is 1. The topological polar surface area (TPSA) is 48.1 Å². The average molecular weight is 249 g/mol. The van der Waals surface area contributed by atoms with Crippen LogP contribution >= 0.6 is 11.6 Å². The minimum Gasteiger partial charge on any atom is -0.495 e. The first-order valence-electron chi connectivity index (χ1n) is 5.18. The smallest absolute Gasteiger partial charge is 0.137 e. The van der Waals surface area contributed by atoms with Crippen LogP contribution in [-0.2, 0) is 0 Å². The lowest BCUT2D eigenvalue weighted by Crippen LogP contribution is -1.93. The number of nitrogens with zero attached hydrogens (tertiary/aromatic N) is 1. The van der Waals surface area contributed by atoms with Crippen LogP contribution in [-0.4, -0.2) is 12.1 Å². The molecule has 0 saturated heterocycles. The SMILES string of the molecule is COc1ccc(-c2ncc(N)cc2C)cc1Cl. The Morgan fingerprint density at radius 3 is 2.65 bits per heavy atom. The van der Waals surface area contributed by atoms with Gasteiger partial charge < -0.3 is 10.5 Å². The van der Waals surface area contributed by atoms with Gasteiger partial charge in [-0.25, -0.2) is 0 Å². The molecule has 1 aromatic carbocycles. The van der Waals surface area contributed by atoms with Gasteiger partial charge in [-0.3, -0.25) is 4.98 Å². The lowest BCUT2D eigenvalue weighted by molar-refractivity contribution is 0.415. The lowest BCUT2D eigenvalue weighted by Gasteiger charge is -2.08.